The first kappa shape index (κ1) is 19.3. The van der Waals surface area contributed by atoms with Crippen LogP contribution in [0.1, 0.15) is 10.5 Å². The Bertz CT molecular complexity index is 1170. The highest BCUT2D eigenvalue weighted by Gasteiger charge is 2.13. The summed E-state index contributed by atoms with van der Waals surface area (Å²) in [5, 5.41) is 5.72. The summed E-state index contributed by atoms with van der Waals surface area (Å²) in [5.74, 6) is 0.296. The highest BCUT2D eigenvalue weighted by molar-refractivity contribution is 7.99. The molecule has 1 N–H and O–H groups in total. The first-order chi connectivity index (χ1) is 14.1. The second kappa shape index (κ2) is 8.55. The van der Waals surface area contributed by atoms with Crippen molar-refractivity contribution >= 4 is 45.7 Å². The number of methoxy groups -OCH3 is 1. The second-order valence-electron chi connectivity index (χ2n) is 6.25. The van der Waals surface area contributed by atoms with E-state index in [1.807, 2.05) is 60.7 Å². The number of hydrogen-bond acceptors (Lipinski definition) is 4. The molecule has 4 aromatic rings. The third kappa shape index (κ3) is 4.36. The normalized spacial score (nSPS) is 10.7. The molecule has 1 heterocycles. The number of carbonyl (C=O) groups excluding carboxylic acids is 1. The van der Waals surface area contributed by atoms with Gasteiger partial charge in [-0.25, -0.2) is 0 Å². The molecule has 4 nitrogen and oxygen atoms in total. The van der Waals surface area contributed by atoms with E-state index in [0.29, 0.717) is 16.5 Å². The average molecular weight is 421 g/mol. The number of amides is 1. The quantitative estimate of drug-likeness (QED) is 0.411. The van der Waals surface area contributed by atoms with Crippen molar-refractivity contribution in [2.45, 2.75) is 9.79 Å². The maximum Gasteiger partial charge on any atom is 0.274 e. The summed E-state index contributed by atoms with van der Waals surface area (Å²) >= 11 is 7.62. The molecule has 0 aliphatic heterocycles. The lowest BCUT2D eigenvalue weighted by Crippen LogP contribution is -2.14. The van der Waals surface area contributed by atoms with Gasteiger partial charge in [-0.15, -0.1) is 0 Å². The van der Waals surface area contributed by atoms with Crippen LogP contribution < -0.4 is 10.1 Å². The number of nitrogens with zero attached hydrogens (tertiary/aromatic N) is 1. The number of carbonyl (C=O) groups is 1. The number of nitrogens with one attached hydrogen (secondary N) is 1. The zero-order valence-corrected chi connectivity index (χ0v) is 17.1. The van der Waals surface area contributed by atoms with E-state index in [2.05, 4.69) is 10.3 Å². The Hall–Kier alpha value is -3.02. The van der Waals surface area contributed by atoms with Gasteiger partial charge in [0.1, 0.15) is 11.4 Å². The topological polar surface area (TPSA) is 51.2 Å². The fourth-order valence-corrected chi connectivity index (χ4v) is 4.10. The van der Waals surface area contributed by atoms with Gasteiger partial charge in [-0.1, -0.05) is 47.6 Å². The Morgan fingerprint density at radius 2 is 1.79 bits per heavy atom. The number of hydrogen-bond donors (Lipinski definition) is 1. The summed E-state index contributed by atoms with van der Waals surface area (Å²) in [7, 11) is 1.56. The van der Waals surface area contributed by atoms with E-state index in [1.54, 1.807) is 37.2 Å². The molecule has 0 fully saturated rings. The Kier molecular flexibility index (Phi) is 5.69. The van der Waals surface area contributed by atoms with Gasteiger partial charge >= 0.3 is 0 Å². The lowest BCUT2D eigenvalue weighted by Gasteiger charge is -2.13. The van der Waals surface area contributed by atoms with Gasteiger partial charge < -0.3 is 10.1 Å². The van der Waals surface area contributed by atoms with Crippen LogP contribution in [0, 0.1) is 0 Å². The summed E-state index contributed by atoms with van der Waals surface area (Å²) in [5.41, 5.74) is 1.03. The first-order valence-corrected chi connectivity index (χ1v) is 10.1. The number of ether oxygens (including phenoxy) is 1. The van der Waals surface area contributed by atoms with Gasteiger partial charge in [0, 0.05) is 32.5 Å². The summed E-state index contributed by atoms with van der Waals surface area (Å²) in [6, 6.07) is 22.9. The molecular formula is C23H17ClN2O2S. The second-order valence-corrected chi connectivity index (χ2v) is 7.80. The molecule has 144 valence electrons. The number of anilines is 1. The molecular weight excluding hydrogens is 404 g/mol. The van der Waals surface area contributed by atoms with Gasteiger partial charge in [-0.05, 0) is 47.9 Å². The van der Waals surface area contributed by atoms with Crippen molar-refractivity contribution < 1.29 is 9.53 Å². The molecule has 0 radical (unpaired) electrons. The molecule has 0 aliphatic rings. The molecule has 0 saturated heterocycles. The van der Waals surface area contributed by atoms with Crippen molar-refractivity contribution in [1.82, 2.24) is 4.98 Å². The van der Waals surface area contributed by atoms with Crippen LogP contribution in [0.3, 0.4) is 0 Å². The third-order valence-electron chi connectivity index (χ3n) is 4.36. The molecule has 3 aromatic carbocycles. The predicted octanol–water partition coefficient (Wildman–Crippen LogP) is 6.30. The van der Waals surface area contributed by atoms with Crippen LogP contribution >= 0.6 is 23.4 Å². The van der Waals surface area contributed by atoms with Crippen molar-refractivity contribution in [2.24, 2.45) is 0 Å². The van der Waals surface area contributed by atoms with Gasteiger partial charge in [0.05, 0.1) is 12.8 Å². The SMILES string of the molecule is COc1ccnc(C(=O)Nc2cccc3cccc(Sc4ccc(Cl)cc4)c23)c1. The minimum absolute atomic E-state index is 0.289. The highest BCUT2D eigenvalue weighted by Crippen LogP contribution is 2.37. The van der Waals surface area contributed by atoms with Crippen molar-refractivity contribution in [3.05, 3.63) is 89.7 Å². The smallest absolute Gasteiger partial charge is 0.274 e. The zero-order valence-electron chi connectivity index (χ0n) is 15.6. The largest absolute Gasteiger partial charge is 0.497 e. The van der Waals surface area contributed by atoms with Crippen molar-refractivity contribution in [1.29, 1.82) is 0 Å². The average Bonchev–Trinajstić information content (AvgIpc) is 2.75. The summed E-state index contributed by atoms with van der Waals surface area (Å²) in [6.45, 7) is 0. The standard InChI is InChI=1S/C23H17ClN2O2S/c1-28-17-12-13-25-20(14-17)23(27)26-19-6-2-4-15-5-3-7-21(22(15)19)29-18-10-8-16(24)9-11-18/h2-14H,1H3,(H,26,27). The van der Waals surface area contributed by atoms with E-state index in [1.165, 1.54) is 0 Å². The molecule has 6 heteroatoms. The van der Waals surface area contributed by atoms with E-state index < -0.39 is 0 Å². The molecule has 1 aromatic heterocycles. The maximum absolute atomic E-state index is 12.8. The summed E-state index contributed by atoms with van der Waals surface area (Å²) < 4.78 is 5.19. The van der Waals surface area contributed by atoms with Gasteiger partial charge in [-0.3, -0.25) is 9.78 Å². The third-order valence-corrected chi connectivity index (χ3v) is 5.68. The number of aromatic nitrogens is 1. The van der Waals surface area contributed by atoms with Gasteiger partial charge in [-0.2, -0.15) is 0 Å². The van der Waals surface area contributed by atoms with E-state index >= 15 is 0 Å². The molecule has 0 aliphatic carbocycles. The predicted molar refractivity (Wildman–Crippen MR) is 118 cm³/mol. The molecule has 0 saturated carbocycles. The van der Waals surface area contributed by atoms with E-state index in [9.17, 15) is 4.79 Å². The van der Waals surface area contributed by atoms with E-state index in [0.717, 1.165) is 26.3 Å². The monoisotopic (exact) mass is 420 g/mol. The fraction of sp³-hybridized carbons (Fsp3) is 0.0435. The number of benzene rings is 3. The molecule has 1 amide bonds. The van der Waals surface area contributed by atoms with Crippen LogP contribution in [-0.2, 0) is 0 Å². The minimum Gasteiger partial charge on any atom is -0.497 e. The van der Waals surface area contributed by atoms with Crippen LogP contribution in [-0.4, -0.2) is 18.0 Å². The van der Waals surface area contributed by atoms with Crippen molar-refractivity contribution in [3.63, 3.8) is 0 Å². The van der Waals surface area contributed by atoms with Crippen LogP contribution in [0.15, 0.2) is 88.8 Å². The van der Waals surface area contributed by atoms with Crippen LogP contribution in [0.2, 0.25) is 5.02 Å². The molecule has 4 rings (SSSR count). The minimum atomic E-state index is -0.289. The number of rotatable bonds is 5. The number of halogens is 1. The van der Waals surface area contributed by atoms with E-state index in [-0.39, 0.29) is 5.91 Å². The number of fused-ring (bicyclic) bond motifs is 1. The molecule has 0 atom stereocenters. The van der Waals surface area contributed by atoms with Crippen LogP contribution in [0.4, 0.5) is 5.69 Å². The lowest BCUT2D eigenvalue weighted by atomic mass is 10.1. The highest BCUT2D eigenvalue weighted by atomic mass is 35.5. The maximum atomic E-state index is 12.8. The molecule has 29 heavy (non-hydrogen) atoms. The van der Waals surface area contributed by atoms with Gasteiger partial charge in [0.25, 0.3) is 5.91 Å². The Labute approximate surface area is 177 Å². The zero-order chi connectivity index (χ0) is 20.2. The Morgan fingerprint density at radius 1 is 1.03 bits per heavy atom. The molecule has 0 unspecified atom stereocenters. The van der Waals surface area contributed by atoms with Gasteiger partial charge in [0.15, 0.2) is 0 Å². The molecule has 0 bridgehead atoms. The summed E-state index contributed by atoms with van der Waals surface area (Å²) in [4.78, 5) is 19.0. The van der Waals surface area contributed by atoms with E-state index in [4.69, 9.17) is 16.3 Å². The number of pyridine rings is 1. The first-order valence-electron chi connectivity index (χ1n) is 8.90. The van der Waals surface area contributed by atoms with Crippen LogP contribution in [0.5, 0.6) is 5.75 Å². The van der Waals surface area contributed by atoms with Crippen molar-refractivity contribution in [2.75, 3.05) is 12.4 Å². The van der Waals surface area contributed by atoms with Crippen molar-refractivity contribution in [3.8, 4) is 5.75 Å². The van der Waals surface area contributed by atoms with Crippen LogP contribution in [0.25, 0.3) is 10.8 Å². The Balaban J connectivity index is 1.70. The summed E-state index contributed by atoms with van der Waals surface area (Å²) in [6.07, 6.45) is 1.55. The van der Waals surface area contributed by atoms with Gasteiger partial charge in [0.2, 0.25) is 0 Å². The fourth-order valence-electron chi connectivity index (χ4n) is 2.97. The lowest BCUT2D eigenvalue weighted by molar-refractivity contribution is 0.102. The molecule has 0 spiro atoms. The Morgan fingerprint density at radius 3 is 2.55 bits per heavy atom.